The third kappa shape index (κ3) is 1.39. The summed E-state index contributed by atoms with van der Waals surface area (Å²) in [6.07, 6.45) is 0. The number of nitrogens with two attached hydrogens (primary N) is 1. The highest BCUT2D eigenvalue weighted by molar-refractivity contribution is 6.19. The highest BCUT2D eigenvalue weighted by atomic mass is 16.5. The minimum Gasteiger partial charge on any atom is -0.470 e. The van der Waals surface area contributed by atoms with Crippen molar-refractivity contribution in [3.8, 4) is 0 Å². The summed E-state index contributed by atoms with van der Waals surface area (Å²) in [6.45, 7) is 1.69. The summed E-state index contributed by atoms with van der Waals surface area (Å²) in [5, 5.41) is 0. The highest BCUT2D eigenvalue weighted by Crippen LogP contribution is 2.12. The molecule has 5 nitrogen and oxygen atoms in total. The van der Waals surface area contributed by atoms with Gasteiger partial charge in [0.25, 0.3) is 0 Å². The SMILES string of the molecule is CCOC(=O)C1=C(N)OCC1=O. The summed E-state index contributed by atoms with van der Waals surface area (Å²) in [7, 11) is 0. The normalized spacial score (nSPS) is 16.2. The van der Waals surface area contributed by atoms with Crippen LogP contribution in [0.3, 0.4) is 0 Å². The number of carbonyl (C=O) groups is 2. The monoisotopic (exact) mass is 171 g/mol. The molecular formula is C7H9NO4. The maximum absolute atomic E-state index is 11.0. The predicted octanol–water partition coefficient (Wildman–Crippen LogP) is -0.681. The van der Waals surface area contributed by atoms with Gasteiger partial charge in [0.2, 0.25) is 11.7 Å². The van der Waals surface area contributed by atoms with E-state index >= 15 is 0 Å². The average molecular weight is 171 g/mol. The fourth-order valence-electron chi connectivity index (χ4n) is 0.843. The molecule has 0 aromatic heterocycles. The van der Waals surface area contributed by atoms with Crippen LogP contribution in [-0.2, 0) is 19.1 Å². The zero-order chi connectivity index (χ0) is 9.14. The smallest absolute Gasteiger partial charge is 0.347 e. The van der Waals surface area contributed by atoms with Gasteiger partial charge in [0.15, 0.2) is 12.2 Å². The van der Waals surface area contributed by atoms with Gasteiger partial charge in [0, 0.05) is 0 Å². The van der Waals surface area contributed by atoms with Crippen molar-refractivity contribution in [2.24, 2.45) is 5.73 Å². The Morgan fingerprint density at radius 1 is 1.75 bits per heavy atom. The molecule has 0 bridgehead atoms. The number of hydrogen-bond acceptors (Lipinski definition) is 5. The molecule has 0 aromatic carbocycles. The lowest BCUT2D eigenvalue weighted by atomic mass is 10.2. The molecule has 1 rings (SSSR count). The van der Waals surface area contributed by atoms with Crippen LogP contribution in [0, 0.1) is 0 Å². The topological polar surface area (TPSA) is 78.6 Å². The molecule has 1 aliphatic rings. The van der Waals surface area contributed by atoms with Crippen LogP contribution in [0.25, 0.3) is 0 Å². The van der Waals surface area contributed by atoms with Crippen LogP contribution in [0.5, 0.6) is 0 Å². The summed E-state index contributed by atoms with van der Waals surface area (Å²) in [5.74, 6) is -1.28. The molecule has 0 saturated carbocycles. The summed E-state index contributed by atoms with van der Waals surface area (Å²) < 4.78 is 9.24. The lowest BCUT2D eigenvalue weighted by molar-refractivity contribution is -0.139. The van der Waals surface area contributed by atoms with Gasteiger partial charge in [-0.15, -0.1) is 0 Å². The Morgan fingerprint density at radius 2 is 2.42 bits per heavy atom. The minimum atomic E-state index is -0.711. The molecule has 0 radical (unpaired) electrons. The van der Waals surface area contributed by atoms with Crippen molar-refractivity contribution in [1.82, 2.24) is 0 Å². The molecule has 66 valence electrons. The predicted molar refractivity (Wildman–Crippen MR) is 38.8 cm³/mol. The van der Waals surface area contributed by atoms with Gasteiger partial charge in [-0.1, -0.05) is 0 Å². The Bertz CT molecular complexity index is 256. The van der Waals surface area contributed by atoms with Crippen LogP contribution in [0.4, 0.5) is 0 Å². The Labute approximate surface area is 69.1 Å². The number of carbonyl (C=O) groups excluding carboxylic acids is 2. The largest absolute Gasteiger partial charge is 0.470 e. The van der Waals surface area contributed by atoms with E-state index in [1.54, 1.807) is 6.92 Å². The molecule has 0 fully saturated rings. The molecule has 2 N–H and O–H groups in total. The summed E-state index contributed by atoms with van der Waals surface area (Å²) >= 11 is 0. The number of ketones is 1. The quantitative estimate of drug-likeness (QED) is 0.440. The van der Waals surface area contributed by atoms with Crippen LogP contribution < -0.4 is 5.73 Å². The van der Waals surface area contributed by atoms with E-state index in [0.29, 0.717) is 0 Å². The van der Waals surface area contributed by atoms with E-state index in [1.807, 2.05) is 0 Å². The molecule has 5 heteroatoms. The maximum Gasteiger partial charge on any atom is 0.347 e. The van der Waals surface area contributed by atoms with E-state index in [-0.39, 0.29) is 24.7 Å². The van der Waals surface area contributed by atoms with Gasteiger partial charge < -0.3 is 15.2 Å². The van der Waals surface area contributed by atoms with E-state index in [1.165, 1.54) is 0 Å². The Morgan fingerprint density at radius 3 is 2.83 bits per heavy atom. The van der Waals surface area contributed by atoms with Gasteiger partial charge in [-0.05, 0) is 6.92 Å². The molecule has 12 heavy (non-hydrogen) atoms. The number of esters is 1. The third-order valence-electron chi connectivity index (χ3n) is 1.36. The lowest BCUT2D eigenvalue weighted by Gasteiger charge is -1.99. The summed E-state index contributed by atoms with van der Waals surface area (Å²) in [4.78, 5) is 21.9. The molecule has 0 saturated heterocycles. The van der Waals surface area contributed by atoms with Crippen molar-refractivity contribution in [2.75, 3.05) is 13.2 Å². The number of ether oxygens (including phenoxy) is 2. The van der Waals surface area contributed by atoms with Crippen molar-refractivity contribution in [1.29, 1.82) is 0 Å². The number of hydrogen-bond donors (Lipinski definition) is 1. The fraction of sp³-hybridized carbons (Fsp3) is 0.429. The Kier molecular flexibility index (Phi) is 2.32. The summed E-state index contributed by atoms with van der Waals surface area (Å²) in [5.41, 5.74) is 5.07. The molecule has 0 atom stereocenters. The van der Waals surface area contributed by atoms with Crippen LogP contribution in [0.2, 0.25) is 0 Å². The van der Waals surface area contributed by atoms with Crippen LogP contribution in [-0.4, -0.2) is 25.0 Å². The van der Waals surface area contributed by atoms with E-state index in [9.17, 15) is 9.59 Å². The molecule has 1 aliphatic heterocycles. The van der Waals surface area contributed by atoms with E-state index in [4.69, 9.17) is 5.73 Å². The van der Waals surface area contributed by atoms with Crippen molar-refractivity contribution < 1.29 is 19.1 Å². The van der Waals surface area contributed by atoms with Crippen LogP contribution in [0.15, 0.2) is 11.5 Å². The molecule has 0 aromatic rings. The highest BCUT2D eigenvalue weighted by Gasteiger charge is 2.30. The van der Waals surface area contributed by atoms with Crippen LogP contribution >= 0.6 is 0 Å². The molecule has 0 unspecified atom stereocenters. The first-order chi connectivity index (χ1) is 5.66. The number of rotatable bonds is 2. The Balaban J connectivity index is 2.79. The first-order valence-electron chi connectivity index (χ1n) is 3.49. The number of Topliss-reactive ketones (excluding diaryl/α,β-unsaturated/α-hetero) is 1. The van der Waals surface area contributed by atoms with Gasteiger partial charge in [-0.2, -0.15) is 0 Å². The molecule has 1 heterocycles. The lowest BCUT2D eigenvalue weighted by Crippen LogP contribution is -2.16. The van der Waals surface area contributed by atoms with Crippen molar-refractivity contribution in [3.63, 3.8) is 0 Å². The van der Waals surface area contributed by atoms with E-state index < -0.39 is 11.8 Å². The minimum absolute atomic E-state index is 0.140. The third-order valence-corrected chi connectivity index (χ3v) is 1.36. The second-order valence-corrected chi connectivity index (χ2v) is 2.17. The van der Waals surface area contributed by atoms with Crippen molar-refractivity contribution in [3.05, 3.63) is 11.5 Å². The zero-order valence-electron chi connectivity index (χ0n) is 6.62. The second kappa shape index (κ2) is 3.25. The van der Waals surface area contributed by atoms with Gasteiger partial charge in [-0.3, -0.25) is 4.79 Å². The molecule has 0 aliphatic carbocycles. The summed E-state index contributed by atoms with van der Waals surface area (Å²) in [6, 6.07) is 0. The molecule has 0 spiro atoms. The van der Waals surface area contributed by atoms with E-state index in [0.717, 1.165) is 0 Å². The van der Waals surface area contributed by atoms with E-state index in [2.05, 4.69) is 9.47 Å². The first-order valence-corrected chi connectivity index (χ1v) is 3.49. The van der Waals surface area contributed by atoms with Gasteiger partial charge in [0.05, 0.1) is 6.61 Å². The molecular weight excluding hydrogens is 162 g/mol. The van der Waals surface area contributed by atoms with Crippen molar-refractivity contribution >= 4 is 11.8 Å². The second-order valence-electron chi connectivity index (χ2n) is 2.17. The molecule has 0 amide bonds. The van der Waals surface area contributed by atoms with Crippen molar-refractivity contribution in [2.45, 2.75) is 6.92 Å². The Hall–Kier alpha value is -1.52. The maximum atomic E-state index is 11.0. The zero-order valence-corrected chi connectivity index (χ0v) is 6.62. The first kappa shape index (κ1) is 8.58. The van der Waals surface area contributed by atoms with Crippen LogP contribution in [0.1, 0.15) is 6.92 Å². The van der Waals surface area contributed by atoms with Gasteiger partial charge >= 0.3 is 5.97 Å². The fourth-order valence-corrected chi connectivity index (χ4v) is 0.843. The average Bonchev–Trinajstić information content (AvgIpc) is 2.32. The standard InChI is InChI=1S/C7H9NO4/c1-2-11-7(10)5-4(9)3-12-6(5)8/h2-3,8H2,1H3. The van der Waals surface area contributed by atoms with Gasteiger partial charge in [-0.25, -0.2) is 4.79 Å². The van der Waals surface area contributed by atoms with Gasteiger partial charge in [0.1, 0.15) is 0 Å².